The van der Waals surface area contributed by atoms with Crippen LogP contribution in [0.2, 0.25) is 0 Å². The van der Waals surface area contributed by atoms with Gasteiger partial charge in [-0.1, -0.05) is 139 Å². The van der Waals surface area contributed by atoms with Gasteiger partial charge in [-0.15, -0.1) is 0 Å². The molecule has 0 fully saturated rings. The van der Waals surface area contributed by atoms with Crippen molar-refractivity contribution < 1.29 is 6.85 Å². The van der Waals surface area contributed by atoms with E-state index < -0.39 is 18.1 Å². The van der Waals surface area contributed by atoms with Crippen LogP contribution >= 0.6 is 0 Å². The van der Waals surface area contributed by atoms with E-state index in [1.807, 2.05) is 42.5 Å². The van der Waals surface area contributed by atoms with Crippen LogP contribution in [0, 0.1) is 0 Å². The third-order valence-corrected chi connectivity index (χ3v) is 9.78. The summed E-state index contributed by atoms with van der Waals surface area (Å²) in [5.74, 6) is 0.398. The number of fused-ring (bicyclic) bond motifs is 9. The van der Waals surface area contributed by atoms with E-state index in [1.54, 1.807) is 0 Å². The van der Waals surface area contributed by atoms with Crippen LogP contribution in [0.25, 0.3) is 104 Å². The van der Waals surface area contributed by atoms with E-state index in [0.29, 0.717) is 16.9 Å². The monoisotopic (exact) mass is 600 g/mol. The van der Waals surface area contributed by atoms with Crippen molar-refractivity contribution in [1.82, 2.24) is 14.5 Å². The van der Waals surface area contributed by atoms with E-state index in [0.717, 1.165) is 76.4 Å². The van der Waals surface area contributed by atoms with Gasteiger partial charge in [0.25, 0.3) is 0 Å². The van der Waals surface area contributed by atoms with E-state index in [9.17, 15) is 0 Å². The Kier molecular flexibility index (Phi) is 4.01. The van der Waals surface area contributed by atoms with Crippen molar-refractivity contribution in [2.24, 2.45) is 0 Å². The lowest BCUT2D eigenvalue weighted by Gasteiger charge is -2.17. The molecule has 0 unspecified atom stereocenters. The number of hydrogen-bond donors (Lipinski definition) is 0. The summed E-state index contributed by atoms with van der Waals surface area (Å²) in [6, 6.07) is 39.8. The zero-order chi connectivity index (χ0) is 35.0. The fraction of sp³-hybridized carbons (Fsp3) is 0. The summed E-state index contributed by atoms with van der Waals surface area (Å²) in [6.45, 7) is 0. The summed E-state index contributed by atoms with van der Waals surface area (Å²) in [5.41, 5.74) is 7.80. The van der Waals surface area contributed by atoms with Crippen LogP contribution in [0.15, 0.2) is 152 Å². The summed E-state index contributed by atoms with van der Waals surface area (Å²) < 4.78 is 46.0. The van der Waals surface area contributed by atoms with Crippen molar-refractivity contribution >= 4 is 65.2 Å². The number of aromatic nitrogens is 3. The molecule has 1 aliphatic carbocycles. The van der Waals surface area contributed by atoms with Crippen molar-refractivity contribution in [1.29, 1.82) is 0 Å². The van der Waals surface area contributed by atoms with E-state index in [-0.39, 0.29) is 23.3 Å². The molecule has 2 heterocycles. The van der Waals surface area contributed by atoms with Gasteiger partial charge in [0, 0.05) is 32.5 Å². The zero-order valence-electron chi connectivity index (χ0n) is 29.9. The van der Waals surface area contributed by atoms with Crippen LogP contribution in [-0.2, 0) is 0 Å². The van der Waals surface area contributed by atoms with Crippen molar-refractivity contribution in [3.63, 3.8) is 0 Å². The Morgan fingerprint density at radius 1 is 0.489 bits per heavy atom. The molecular weight excluding hydrogens is 571 g/mol. The van der Waals surface area contributed by atoms with Crippen LogP contribution < -0.4 is 0 Å². The van der Waals surface area contributed by atoms with Crippen molar-refractivity contribution in [2.45, 2.75) is 0 Å². The van der Waals surface area contributed by atoms with Crippen LogP contribution in [0.1, 0.15) is 6.85 Å². The van der Waals surface area contributed by atoms with E-state index in [2.05, 4.69) is 83.4 Å². The summed E-state index contributed by atoms with van der Waals surface area (Å²) in [4.78, 5) is 10.6. The van der Waals surface area contributed by atoms with Crippen LogP contribution in [-0.4, -0.2) is 14.5 Å². The van der Waals surface area contributed by atoms with Gasteiger partial charge in [0.05, 0.1) is 28.9 Å². The minimum atomic E-state index is -0.452. The number of nitrogens with zero attached hydrogens (tertiary/aromatic N) is 3. The van der Waals surface area contributed by atoms with Gasteiger partial charge in [0.1, 0.15) is 5.69 Å². The van der Waals surface area contributed by atoms with Crippen molar-refractivity contribution in [3.05, 3.63) is 152 Å². The molecule has 0 aliphatic heterocycles. The molecule has 0 atom stereocenters. The predicted molar refractivity (Wildman–Crippen MR) is 196 cm³/mol. The lowest BCUT2D eigenvalue weighted by Crippen LogP contribution is -2.04. The first-order chi connectivity index (χ1) is 25.4. The molecule has 3 nitrogen and oxygen atoms in total. The summed E-state index contributed by atoms with van der Waals surface area (Å²) >= 11 is 0. The molecule has 10 aromatic rings. The van der Waals surface area contributed by atoms with Gasteiger partial charge in [0.2, 0.25) is 0 Å². The van der Waals surface area contributed by atoms with Crippen LogP contribution in [0.5, 0.6) is 0 Å². The maximum Gasteiger partial charge on any atom is 0.165 e. The number of hydrogen-bond acceptors (Lipinski definition) is 2. The molecule has 0 bridgehead atoms. The second kappa shape index (κ2) is 9.12. The summed E-state index contributed by atoms with van der Waals surface area (Å²) in [7, 11) is 0. The Labute approximate surface area is 277 Å². The lowest BCUT2D eigenvalue weighted by atomic mass is 9.91. The maximum absolute atomic E-state index is 9.10. The summed E-state index contributed by atoms with van der Waals surface area (Å²) in [5, 5.41) is 8.45. The second-order valence-corrected chi connectivity index (χ2v) is 12.1. The molecule has 0 radical (unpaired) electrons. The fourth-order valence-corrected chi connectivity index (χ4v) is 7.90. The smallest absolute Gasteiger partial charge is 0.165 e. The highest BCUT2D eigenvalue weighted by Crippen LogP contribution is 2.52. The van der Waals surface area contributed by atoms with Crippen molar-refractivity contribution in [3.8, 4) is 39.3 Å². The molecule has 0 N–H and O–H groups in total. The van der Waals surface area contributed by atoms with Gasteiger partial charge in [-0.3, -0.25) is 4.57 Å². The normalized spacial score (nSPS) is 13.7. The maximum atomic E-state index is 9.10. The minimum Gasteiger partial charge on any atom is -0.291 e. The van der Waals surface area contributed by atoms with Gasteiger partial charge in [-0.05, 0) is 50.5 Å². The molecule has 0 saturated heterocycles. The lowest BCUT2D eigenvalue weighted by molar-refractivity contribution is 1.09. The molecule has 0 saturated carbocycles. The van der Waals surface area contributed by atoms with E-state index >= 15 is 0 Å². The van der Waals surface area contributed by atoms with Gasteiger partial charge in [0.15, 0.2) is 5.82 Å². The van der Waals surface area contributed by atoms with Gasteiger partial charge < -0.3 is 0 Å². The third kappa shape index (κ3) is 3.25. The molecule has 2 aromatic heterocycles. The van der Waals surface area contributed by atoms with Crippen LogP contribution in [0.4, 0.5) is 0 Å². The van der Waals surface area contributed by atoms with Gasteiger partial charge >= 0.3 is 0 Å². The Morgan fingerprint density at radius 3 is 1.98 bits per heavy atom. The Bertz CT molecular complexity index is 3230. The summed E-state index contributed by atoms with van der Waals surface area (Å²) in [6.07, 6.45) is 0. The van der Waals surface area contributed by atoms with Crippen molar-refractivity contribution in [2.75, 3.05) is 0 Å². The SMILES string of the molecule is [2H]c1c([2H])c([2H])c(-c2nc3ccc4ccccc4c3nc2-n2c3cccc4c3c3c5c(cccc5c5ccccc5c32)-c2ccccc2-4)c([2H])c1[2H]. The second-order valence-electron chi connectivity index (χ2n) is 12.1. The first-order valence-corrected chi connectivity index (χ1v) is 15.7. The Hall–Kier alpha value is -6.32. The highest BCUT2D eigenvalue weighted by Gasteiger charge is 2.28. The molecule has 47 heavy (non-hydrogen) atoms. The van der Waals surface area contributed by atoms with E-state index in [1.165, 1.54) is 0 Å². The van der Waals surface area contributed by atoms with Crippen LogP contribution in [0.3, 0.4) is 0 Å². The Morgan fingerprint density at radius 2 is 1.15 bits per heavy atom. The largest absolute Gasteiger partial charge is 0.291 e. The first kappa shape index (κ1) is 20.7. The molecule has 1 aliphatic rings. The highest BCUT2D eigenvalue weighted by atomic mass is 15.1. The van der Waals surface area contributed by atoms with E-state index in [4.69, 9.17) is 16.8 Å². The fourth-order valence-electron chi connectivity index (χ4n) is 7.90. The zero-order valence-corrected chi connectivity index (χ0v) is 24.9. The highest BCUT2D eigenvalue weighted by molar-refractivity contribution is 6.37. The predicted octanol–water partition coefficient (Wildman–Crippen LogP) is 11.5. The average Bonchev–Trinajstić information content (AvgIpc) is 3.48. The first-order valence-electron chi connectivity index (χ1n) is 18.2. The molecule has 0 spiro atoms. The molecular formula is C44H25N3. The molecule has 11 rings (SSSR count). The number of rotatable bonds is 2. The topological polar surface area (TPSA) is 30.7 Å². The standard InChI is InChI=1S/C44H25N3/c1-2-13-27(14-3-1)41-44(46-42-28-15-5-4-12-26(28)24-25-36(42)45-41)47-37-23-11-22-34-30-17-7-6-16-29(30)32-20-10-21-33-31-18-8-9-19-35(31)43(47)40(38(32)33)39(34)37/h1-25H/i1D,2D,3D,13D,14D. The third-order valence-electron chi connectivity index (χ3n) is 9.78. The van der Waals surface area contributed by atoms with Gasteiger partial charge in [-0.25, -0.2) is 9.97 Å². The molecule has 0 amide bonds. The Balaban J connectivity index is 1.44. The minimum absolute atomic E-state index is 0.0120. The average molecular weight is 601 g/mol. The molecule has 3 heteroatoms. The van der Waals surface area contributed by atoms with Gasteiger partial charge in [-0.2, -0.15) is 0 Å². The number of benzene rings is 8. The molecule has 8 aromatic carbocycles. The quantitative estimate of drug-likeness (QED) is 0.185. The molecule has 216 valence electrons.